The van der Waals surface area contributed by atoms with Crippen molar-refractivity contribution in [2.75, 3.05) is 0 Å². The van der Waals surface area contributed by atoms with Gasteiger partial charge < -0.3 is 15.0 Å². The van der Waals surface area contributed by atoms with Gasteiger partial charge in [-0.05, 0) is 0 Å². The number of rotatable bonds is 0. The third kappa shape index (κ3) is 2.11. The van der Waals surface area contributed by atoms with E-state index in [2.05, 4.69) is 34.9 Å². The summed E-state index contributed by atoms with van der Waals surface area (Å²) in [5.41, 5.74) is 1.26. The van der Waals surface area contributed by atoms with Crippen molar-refractivity contribution in [3.8, 4) is 0 Å². The molecule has 3 N–H and O–H groups in total. The maximum absolute atomic E-state index is 10.9. The first-order valence-electron chi connectivity index (χ1n) is 5.71. The van der Waals surface area contributed by atoms with E-state index in [1.807, 2.05) is 0 Å². The Hall–Kier alpha value is -3.10. The van der Waals surface area contributed by atoms with E-state index in [1.54, 1.807) is 6.21 Å². The Labute approximate surface area is 110 Å². The minimum atomic E-state index is -0.192. The molecule has 0 saturated carbocycles. The van der Waals surface area contributed by atoms with Crippen molar-refractivity contribution in [2.24, 2.45) is 4.99 Å². The van der Waals surface area contributed by atoms with Crippen LogP contribution in [0.25, 0.3) is 11.2 Å². The minimum Gasteiger partial charge on any atom is -0.339 e. The van der Waals surface area contributed by atoms with Crippen molar-refractivity contribution in [2.45, 2.75) is 6.42 Å². The van der Waals surface area contributed by atoms with Crippen molar-refractivity contribution in [3.05, 3.63) is 45.3 Å². The molecule has 1 aliphatic heterocycles. The predicted molar refractivity (Wildman–Crippen MR) is 71.2 cm³/mol. The number of fused-ring (bicyclic) bond motifs is 2. The van der Waals surface area contributed by atoms with Gasteiger partial charge in [-0.1, -0.05) is 0 Å². The molecule has 3 aromatic heterocycles. The van der Waals surface area contributed by atoms with Gasteiger partial charge in [0.05, 0.1) is 24.5 Å². The number of aliphatic imine (C=N–C) groups is 1. The van der Waals surface area contributed by atoms with Crippen molar-refractivity contribution in [3.63, 3.8) is 0 Å². The van der Waals surface area contributed by atoms with E-state index in [4.69, 9.17) is 0 Å². The lowest BCUT2D eigenvalue weighted by Crippen LogP contribution is -2.10. The molecule has 4 heterocycles. The van der Waals surface area contributed by atoms with Gasteiger partial charge >= 0.3 is 0 Å². The van der Waals surface area contributed by atoms with Gasteiger partial charge in [0.2, 0.25) is 0 Å². The van der Waals surface area contributed by atoms with Crippen molar-refractivity contribution < 1.29 is 0 Å². The highest BCUT2D eigenvalue weighted by Gasteiger charge is 2.09. The molecule has 4 rings (SSSR count). The second-order valence-electron chi connectivity index (χ2n) is 3.88. The fourth-order valence-corrected chi connectivity index (χ4v) is 1.71. The van der Waals surface area contributed by atoms with E-state index in [-0.39, 0.29) is 11.1 Å². The van der Waals surface area contributed by atoms with Gasteiger partial charge in [-0.2, -0.15) is 0 Å². The van der Waals surface area contributed by atoms with Crippen LogP contribution in [0.2, 0.25) is 0 Å². The van der Waals surface area contributed by atoms with Gasteiger partial charge in [0.1, 0.15) is 0 Å². The van der Waals surface area contributed by atoms with Gasteiger partial charge in [0.25, 0.3) is 11.1 Å². The van der Waals surface area contributed by atoms with Crippen LogP contribution < -0.4 is 11.1 Å². The van der Waals surface area contributed by atoms with E-state index < -0.39 is 0 Å². The molecule has 0 saturated heterocycles. The quantitative estimate of drug-likeness (QED) is 0.515. The maximum atomic E-state index is 10.9. The number of imidazole rings is 1. The Morgan fingerprint density at radius 3 is 2.35 bits per heavy atom. The fourth-order valence-electron chi connectivity index (χ4n) is 1.71. The highest BCUT2D eigenvalue weighted by atomic mass is 16.1. The monoisotopic (exact) mass is 271 g/mol. The van der Waals surface area contributed by atoms with E-state index in [0.717, 1.165) is 0 Å². The molecule has 0 aliphatic carbocycles. The third-order valence-electron chi connectivity index (χ3n) is 2.66. The van der Waals surface area contributed by atoms with Crippen molar-refractivity contribution in [1.29, 1.82) is 0 Å². The number of H-pyrrole nitrogens is 3. The number of aromatic nitrogens is 6. The molecule has 0 unspecified atom stereocenters. The van der Waals surface area contributed by atoms with Crippen LogP contribution in [0.5, 0.6) is 0 Å². The molecule has 20 heavy (non-hydrogen) atoms. The van der Waals surface area contributed by atoms with Crippen molar-refractivity contribution in [1.82, 2.24) is 29.9 Å². The minimum absolute atomic E-state index is 0.0810. The van der Waals surface area contributed by atoms with Crippen LogP contribution in [0, 0.1) is 0 Å². The molecule has 0 amide bonds. The first-order valence-corrected chi connectivity index (χ1v) is 5.71. The first-order chi connectivity index (χ1) is 9.75. The molecule has 0 fully saturated rings. The third-order valence-corrected chi connectivity index (χ3v) is 2.66. The van der Waals surface area contributed by atoms with E-state index in [0.29, 0.717) is 29.0 Å². The summed E-state index contributed by atoms with van der Waals surface area (Å²) in [5, 5.41) is 0. The molecule has 0 radical (unpaired) electrons. The average molecular weight is 271 g/mol. The van der Waals surface area contributed by atoms with Gasteiger partial charge in [0, 0.05) is 12.6 Å². The van der Waals surface area contributed by atoms with Crippen molar-refractivity contribution >= 4 is 23.2 Å². The van der Waals surface area contributed by atoms with Gasteiger partial charge in [-0.15, -0.1) is 0 Å². The van der Waals surface area contributed by atoms with Gasteiger partial charge in [0.15, 0.2) is 17.0 Å². The summed E-state index contributed by atoms with van der Waals surface area (Å²) in [6.45, 7) is 0. The van der Waals surface area contributed by atoms with E-state index in [9.17, 15) is 9.59 Å². The highest BCUT2D eigenvalue weighted by molar-refractivity contribution is 5.73. The van der Waals surface area contributed by atoms with Crippen LogP contribution in [0.15, 0.2) is 33.6 Å². The number of nitrogens with one attached hydrogen (secondary N) is 3. The zero-order chi connectivity index (χ0) is 13.9. The van der Waals surface area contributed by atoms with Crippen LogP contribution in [0.1, 0.15) is 5.56 Å². The van der Waals surface area contributed by atoms with Gasteiger partial charge in [-0.3, -0.25) is 9.59 Å². The number of hydrogen-bond acceptors (Lipinski definition) is 6. The Kier molecular flexibility index (Phi) is 2.92. The molecule has 0 aromatic carbocycles. The molecular formula is C11H9N7O2. The topological polar surface area (TPSA) is 133 Å². The van der Waals surface area contributed by atoms with Gasteiger partial charge in [-0.25, -0.2) is 19.9 Å². The standard InChI is InChI=1S/C6H5N3O.C5H4N4O/c10-6-4-1-2-7-5(4)8-3-9-6;10-5-3-4(7-1-6-3)8-2-9-5/h2-3H,1H2,(H,8,9,10);1-2H,(H2,6,7,8,9,10). The SMILES string of the molecule is O=c1[nH]cnc2c1CC=N2.O=c1[nH]cnc2nc[nH]c12. The lowest BCUT2D eigenvalue weighted by Gasteiger charge is -1.90. The largest absolute Gasteiger partial charge is 0.339 e. The second-order valence-corrected chi connectivity index (χ2v) is 3.88. The molecule has 1 aliphatic rings. The molecular weight excluding hydrogens is 262 g/mol. The van der Waals surface area contributed by atoms with E-state index >= 15 is 0 Å². The molecule has 9 heteroatoms. The maximum Gasteiger partial charge on any atom is 0.276 e. The molecule has 3 aromatic rings. The lowest BCUT2D eigenvalue weighted by atomic mass is 10.3. The molecule has 0 spiro atoms. The number of hydrogen-bond donors (Lipinski definition) is 3. The molecule has 0 atom stereocenters. The van der Waals surface area contributed by atoms with Crippen LogP contribution in [0.4, 0.5) is 5.82 Å². The number of nitrogens with zero attached hydrogens (tertiary/aromatic N) is 4. The molecule has 9 nitrogen and oxygen atoms in total. The Morgan fingerprint density at radius 2 is 1.60 bits per heavy atom. The fraction of sp³-hybridized carbons (Fsp3) is 0.0909. The first kappa shape index (κ1) is 12.0. The summed E-state index contributed by atoms with van der Waals surface area (Å²) < 4.78 is 0. The van der Waals surface area contributed by atoms with Crippen LogP contribution in [-0.2, 0) is 6.42 Å². The predicted octanol–water partition coefficient (Wildman–Crippen LogP) is -0.326. The Morgan fingerprint density at radius 1 is 0.900 bits per heavy atom. The summed E-state index contributed by atoms with van der Waals surface area (Å²) in [5.74, 6) is 0.559. The van der Waals surface area contributed by atoms with Crippen LogP contribution in [-0.4, -0.2) is 36.1 Å². The smallest absolute Gasteiger partial charge is 0.276 e. The normalized spacial score (nSPS) is 12.0. The lowest BCUT2D eigenvalue weighted by molar-refractivity contribution is 1.07. The molecule has 0 bridgehead atoms. The summed E-state index contributed by atoms with van der Waals surface area (Å²) in [6.07, 6.45) is 6.42. The Bertz CT molecular complexity index is 889. The summed E-state index contributed by atoms with van der Waals surface area (Å²) in [7, 11) is 0. The summed E-state index contributed by atoms with van der Waals surface area (Å²) in [6, 6.07) is 0. The zero-order valence-corrected chi connectivity index (χ0v) is 10.1. The average Bonchev–Trinajstić information content (AvgIpc) is 3.08. The zero-order valence-electron chi connectivity index (χ0n) is 10.1. The van der Waals surface area contributed by atoms with E-state index in [1.165, 1.54) is 19.0 Å². The summed E-state index contributed by atoms with van der Waals surface area (Å²) in [4.78, 5) is 44.8. The van der Waals surface area contributed by atoms with Crippen LogP contribution >= 0.6 is 0 Å². The second kappa shape index (κ2) is 4.88. The summed E-state index contributed by atoms with van der Waals surface area (Å²) >= 11 is 0. The number of aromatic amines is 3. The molecule has 100 valence electrons. The Balaban J connectivity index is 0.000000121. The van der Waals surface area contributed by atoms with Crippen LogP contribution in [0.3, 0.4) is 0 Å². The highest BCUT2D eigenvalue weighted by Crippen LogP contribution is 2.14.